The molecule has 0 radical (unpaired) electrons. The van der Waals surface area contributed by atoms with Crippen molar-refractivity contribution in [3.8, 4) is 5.88 Å². The number of hydrogen-bond donors (Lipinski definition) is 2. The first-order valence-electron chi connectivity index (χ1n) is 9.68. The quantitative estimate of drug-likeness (QED) is 0.419. The maximum absolute atomic E-state index is 11.6. The summed E-state index contributed by atoms with van der Waals surface area (Å²) in [6.07, 6.45) is 9.97. The van der Waals surface area contributed by atoms with E-state index in [1.165, 1.54) is 37.9 Å². The number of nitrogens with zero attached hydrogens (tertiary/aromatic N) is 2. The summed E-state index contributed by atoms with van der Waals surface area (Å²) in [7, 11) is 0. The highest BCUT2D eigenvalue weighted by molar-refractivity contribution is 7.99. The van der Waals surface area contributed by atoms with Gasteiger partial charge < -0.3 is 15.2 Å². The van der Waals surface area contributed by atoms with E-state index in [1.54, 1.807) is 18.0 Å². The molecule has 7 heteroatoms. The Hall–Kier alpha value is -1.57. The lowest BCUT2D eigenvalue weighted by Crippen LogP contribution is -2.29. The molecule has 0 saturated carbocycles. The van der Waals surface area contributed by atoms with E-state index < -0.39 is 0 Å². The molecule has 1 aliphatic heterocycles. The van der Waals surface area contributed by atoms with Crippen molar-refractivity contribution in [2.45, 2.75) is 32.2 Å². The standard InChI is InChI=1S/C20H31N3O3S/c24-12-15-27-14-7-19(25)21-8-2-5-13-26-20-16-18(6-9-22-20)17-23-10-3-1-4-11-23/h2,5-6,9,16,24H,1,3-4,7-8,10-15,17H2,(H,21,25)/b5-2-. The third-order valence-corrected chi connectivity index (χ3v) is 5.24. The summed E-state index contributed by atoms with van der Waals surface area (Å²) < 4.78 is 5.68. The molecule has 2 heterocycles. The van der Waals surface area contributed by atoms with Crippen molar-refractivity contribution in [2.24, 2.45) is 0 Å². The van der Waals surface area contributed by atoms with Gasteiger partial charge in [-0.2, -0.15) is 11.8 Å². The molecule has 0 unspecified atom stereocenters. The fourth-order valence-corrected chi connectivity index (χ4v) is 3.54. The van der Waals surface area contributed by atoms with Crippen molar-refractivity contribution in [3.63, 3.8) is 0 Å². The largest absolute Gasteiger partial charge is 0.473 e. The van der Waals surface area contributed by atoms with Crippen LogP contribution < -0.4 is 10.1 Å². The van der Waals surface area contributed by atoms with Gasteiger partial charge in [0.15, 0.2) is 0 Å². The summed E-state index contributed by atoms with van der Waals surface area (Å²) in [5, 5.41) is 11.5. The maximum Gasteiger partial charge on any atom is 0.221 e. The van der Waals surface area contributed by atoms with E-state index in [9.17, 15) is 4.79 Å². The van der Waals surface area contributed by atoms with Crippen LogP contribution in [0.4, 0.5) is 0 Å². The molecule has 2 rings (SSSR count). The SMILES string of the molecule is O=C(CCSCCO)NC/C=C\COc1cc(CN2CCCCC2)ccn1. The molecule has 0 bridgehead atoms. The molecule has 1 saturated heterocycles. The zero-order chi connectivity index (χ0) is 19.2. The third-order valence-electron chi connectivity index (χ3n) is 4.27. The first-order chi connectivity index (χ1) is 13.3. The molecule has 1 aromatic heterocycles. The normalized spacial score (nSPS) is 15.1. The molecule has 1 fully saturated rings. The monoisotopic (exact) mass is 393 g/mol. The van der Waals surface area contributed by atoms with Crippen LogP contribution in [-0.2, 0) is 11.3 Å². The van der Waals surface area contributed by atoms with Crippen LogP contribution in [0, 0.1) is 0 Å². The predicted molar refractivity (Wildman–Crippen MR) is 110 cm³/mol. The minimum atomic E-state index is 0.0260. The zero-order valence-corrected chi connectivity index (χ0v) is 16.8. The van der Waals surface area contributed by atoms with Crippen molar-refractivity contribution >= 4 is 17.7 Å². The van der Waals surface area contributed by atoms with Crippen LogP contribution in [0.25, 0.3) is 0 Å². The lowest BCUT2D eigenvalue weighted by atomic mass is 10.1. The molecule has 2 N–H and O–H groups in total. The molecule has 0 spiro atoms. The molecule has 1 aromatic rings. The fourth-order valence-electron chi connectivity index (χ4n) is 2.88. The van der Waals surface area contributed by atoms with Crippen LogP contribution in [0.15, 0.2) is 30.5 Å². The maximum atomic E-state index is 11.6. The van der Waals surface area contributed by atoms with Gasteiger partial charge in [0.2, 0.25) is 11.8 Å². The Balaban J connectivity index is 1.60. The van der Waals surface area contributed by atoms with Crippen LogP contribution in [0.2, 0.25) is 0 Å². The molecule has 0 aliphatic carbocycles. The highest BCUT2D eigenvalue weighted by Crippen LogP contribution is 2.15. The summed E-state index contributed by atoms with van der Waals surface area (Å²) in [6.45, 7) is 4.39. The van der Waals surface area contributed by atoms with Gasteiger partial charge in [-0.25, -0.2) is 4.98 Å². The van der Waals surface area contributed by atoms with Gasteiger partial charge in [0.05, 0.1) is 6.61 Å². The number of ether oxygens (including phenoxy) is 1. The molecule has 27 heavy (non-hydrogen) atoms. The van der Waals surface area contributed by atoms with Gasteiger partial charge in [0.25, 0.3) is 0 Å². The number of likely N-dealkylation sites (tertiary alicyclic amines) is 1. The Morgan fingerprint density at radius 1 is 1.30 bits per heavy atom. The molecule has 0 aromatic carbocycles. The number of pyridine rings is 1. The molecule has 150 valence electrons. The van der Waals surface area contributed by atoms with Gasteiger partial charge in [0, 0.05) is 43.3 Å². The lowest BCUT2D eigenvalue weighted by Gasteiger charge is -2.26. The van der Waals surface area contributed by atoms with E-state index in [0.717, 1.165) is 12.3 Å². The van der Waals surface area contributed by atoms with Gasteiger partial charge in [-0.05, 0) is 43.6 Å². The number of aliphatic hydroxyl groups excluding tert-OH is 1. The summed E-state index contributed by atoms with van der Waals surface area (Å²) in [5.74, 6) is 2.08. The molecular weight excluding hydrogens is 362 g/mol. The highest BCUT2D eigenvalue weighted by atomic mass is 32.2. The van der Waals surface area contributed by atoms with Crippen LogP contribution in [0.3, 0.4) is 0 Å². The number of aromatic nitrogens is 1. The summed E-state index contributed by atoms with van der Waals surface area (Å²) in [5.41, 5.74) is 1.23. The van der Waals surface area contributed by atoms with E-state index in [2.05, 4.69) is 15.2 Å². The number of hydrogen-bond acceptors (Lipinski definition) is 6. The van der Waals surface area contributed by atoms with Crippen LogP contribution in [0.5, 0.6) is 5.88 Å². The average Bonchev–Trinajstić information content (AvgIpc) is 2.69. The minimum Gasteiger partial charge on any atom is -0.473 e. The van der Waals surface area contributed by atoms with E-state index in [4.69, 9.17) is 9.84 Å². The topological polar surface area (TPSA) is 74.7 Å². The average molecular weight is 394 g/mol. The number of carbonyl (C=O) groups is 1. The number of amides is 1. The van der Waals surface area contributed by atoms with Crippen molar-refractivity contribution in [2.75, 3.05) is 44.4 Å². The minimum absolute atomic E-state index is 0.0260. The van der Waals surface area contributed by atoms with E-state index >= 15 is 0 Å². The van der Waals surface area contributed by atoms with Crippen molar-refractivity contribution < 1.29 is 14.6 Å². The predicted octanol–water partition coefficient (Wildman–Crippen LogP) is 2.23. The third kappa shape index (κ3) is 9.79. The van der Waals surface area contributed by atoms with Crippen molar-refractivity contribution in [3.05, 3.63) is 36.0 Å². The smallest absolute Gasteiger partial charge is 0.221 e. The number of nitrogens with one attached hydrogen (secondary N) is 1. The number of rotatable bonds is 12. The fraction of sp³-hybridized carbons (Fsp3) is 0.600. The first kappa shape index (κ1) is 21.7. The van der Waals surface area contributed by atoms with Gasteiger partial charge in [0.1, 0.15) is 6.61 Å². The summed E-state index contributed by atoms with van der Waals surface area (Å²) in [4.78, 5) is 18.3. The molecule has 0 atom stereocenters. The number of carbonyl (C=O) groups excluding carboxylic acids is 1. The van der Waals surface area contributed by atoms with E-state index in [-0.39, 0.29) is 12.5 Å². The van der Waals surface area contributed by atoms with E-state index in [1.807, 2.05) is 24.3 Å². The Labute approximate surface area is 166 Å². The van der Waals surface area contributed by atoms with Crippen LogP contribution in [0.1, 0.15) is 31.2 Å². The highest BCUT2D eigenvalue weighted by Gasteiger charge is 2.10. The second kappa shape index (κ2) is 13.6. The summed E-state index contributed by atoms with van der Waals surface area (Å²) >= 11 is 1.58. The Morgan fingerprint density at radius 2 is 2.15 bits per heavy atom. The molecule has 1 aliphatic rings. The Morgan fingerprint density at radius 3 is 2.96 bits per heavy atom. The number of thioether (sulfide) groups is 1. The zero-order valence-electron chi connectivity index (χ0n) is 15.9. The van der Waals surface area contributed by atoms with Crippen molar-refractivity contribution in [1.29, 1.82) is 0 Å². The van der Waals surface area contributed by atoms with Gasteiger partial charge in [-0.1, -0.05) is 12.5 Å². The summed E-state index contributed by atoms with van der Waals surface area (Å²) in [6, 6.07) is 4.06. The first-order valence-corrected chi connectivity index (χ1v) is 10.8. The van der Waals surface area contributed by atoms with Crippen LogP contribution in [-0.4, -0.2) is 65.3 Å². The van der Waals surface area contributed by atoms with Crippen LogP contribution >= 0.6 is 11.8 Å². The Kier molecular flexibility index (Phi) is 10.9. The molecule has 1 amide bonds. The number of aliphatic hydroxyl groups is 1. The van der Waals surface area contributed by atoms with Gasteiger partial charge in [-0.3, -0.25) is 9.69 Å². The van der Waals surface area contributed by atoms with Gasteiger partial charge in [-0.15, -0.1) is 0 Å². The Bertz CT molecular complexity index is 577. The number of piperidine rings is 1. The van der Waals surface area contributed by atoms with Crippen molar-refractivity contribution in [1.82, 2.24) is 15.2 Å². The second-order valence-corrected chi connectivity index (χ2v) is 7.74. The molecular formula is C20H31N3O3S. The molecule has 6 nitrogen and oxygen atoms in total. The van der Waals surface area contributed by atoms with E-state index in [0.29, 0.717) is 31.2 Å². The lowest BCUT2D eigenvalue weighted by molar-refractivity contribution is -0.120. The second-order valence-electron chi connectivity index (χ2n) is 6.51. The van der Waals surface area contributed by atoms with Gasteiger partial charge >= 0.3 is 0 Å².